The quantitative estimate of drug-likeness (QED) is 0.495. The van der Waals surface area contributed by atoms with Crippen LogP contribution in [0, 0.1) is 5.92 Å². The lowest BCUT2D eigenvalue weighted by Gasteiger charge is -2.17. The Kier molecular flexibility index (Phi) is 5.83. The molecule has 0 saturated heterocycles. The van der Waals surface area contributed by atoms with Gasteiger partial charge in [-0.2, -0.15) is 0 Å². The van der Waals surface area contributed by atoms with E-state index in [2.05, 4.69) is 39.7 Å². The zero-order valence-electron chi connectivity index (χ0n) is 17.3. The van der Waals surface area contributed by atoms with Gasteiger partial charge in [-0.1, -0.05) is 44.2 Å². The highest BCUT2D eigenvalue weighted by Gasteiger charge is 2.24. The van der Waals surface area contributed by atoms with Crippen molar-refractivity contribution in [3.8, 4) is 0 Å². The summed E-state index contributed by atoms with van der Waals surface area (Å²) in [6.07, 6.45) is 3.86. The van der Waals surface area contributed by atoms with E-state index >= 15 is 0 Å². The number of carbonyl (C=O) groups is 1. The monoisotopic (exact) mass is 417 g/mol. The Hall–Kier alpha value is -3.88. The SMILES string of the molecule is CC(C)CCn1cnc2ccc(NC(=O)[C@H](c3ccccc3)n3cnnn3)cc2c1=O. The number of rotatable bonds is 7. The third-order valence-electron chi connectivity index (χ3n) is 5.03. The summed E-state index contributed by atoms with van der Waals surface area (Å²) in [7, 11) is 0. The van der Waals surface area contributed by atoms with Crippen molar-refractivity contribution >= 4 is 22.5 Å². The lowest BCUT2D eigenvalue weighted by molar-refractivity contribution is -0.118. The Labute approximate surface area is 178 Å². The van der Waals surface area contributed by atoms with Gasteiger partial charge in [0.1, 0.15) is 6.33 Å². The zero-order chi connectivity index (χ0) is 21.8. The summed E-state index contributed by atoms with van der Waals surface area (Å²) in [6, 6.07) is 13.6. The van der Waals surface area contributed by atoms with Gasteiger partial charge in [0.15, 0.2) is 6.04 Å². The number of aromatic nitrogens is 6. The van der Waals surface area contributed by atoms with Crippen molar-refractivity contribution in [1.29, 1.82) is 0 Å². The van der Waals surface area contributed by atoms with Crippen LogP contribution < -0.4 is 10.9 Å². The van der Waals surface area contributed by atoms with Gasteiger partial charge in [0, 0.05) is 12.2 Å². The highest BCUT2D eigenvalue weighted by atomic mass is 16.2. The van der Waals surface area contributed by atoms with Gasteiger partial charge in [0.25, 0.3) is 11.5 Å². The fourth-order valence-electron chi connectivity index (χ4n) is 3.35. The average Bonchev–Trinajstić information content (AvgIpc) is 3.29. The minimum Gasteiger partial charge on any atom is -0.324 e. The first-order valence-corrected chi connectivity index (χ1v) is 10.1. The first-order valence-electron chi connectivity index (χ1n) is 10.1. The van der Waals surface area contributed by atoms with Crippen LogP contribution in [0.25, 0.3) is 10.9 Å². The highest BCUT2D eigenvalue weighted by molar-refractivity contribution is 5.97. The standard InChI is InChI=1S/C22H23N7O2/c1-15(2)10-11-28-13-23-19-9-8-17(12-18(19)22(28)31)25-21(30)20(29-14-24-26-27-29)16-6-4-3-5-7-16/h3-9,12-15,20H,10-11H2,1-2H3,(H,25,30)/t20-/m0/s1. The fraction of sp³-hybridized carbons (Fsp3) is 0.273. The molecule has 4 rings (SSSR count). The Morgan fingerprint density at radius 3 is 2.61 bits per heavy atom. The van der Waals surface area contributed by atoms with Crippen LogP contribution in [0.5, 0.6) is 0 Å². The second-order valence-electron chi connectivity index (χ2n) is 7.75. The van der Waals surface area contributed by atoms with E-state index in [4.69, 9.17) is 0 Å². The maximum atomic E-state index is 13.2. The number of amides is 1. The number of hydrogen-bond donors (Lipinski definition) is 1. The number of aryl methyl sites for hydroxylation is 1. The molecule has 0 aliphatic carbocycles. The molecule has 0 aliphatic rings. The van der Waals surface area contributed by atoms with Crippen molar-refractivity contribution in [3.63, 3.8) is 0 Å². The van der Waals surface area contributed by atoms with E-state index < -0.39 is 6.04 Å². The summed E-state index contributed by atoms with van der Waals surface area (Å²) in [6.45, 7) is 4.83. The van der Waals surface area contributed by atoms with Crippen LogP contribution >= 0.6 is 0 Å². The second-order valence-corrected chi connectivity index (χ2v) is 7.75. The molecule has 1 N–H and O–H groups in total. The van der Waals surface area contributed by atoms with Gasteiger partial charge >= 0.3 is 0 Å². The molecule has 0 unspecified atom stereocenters. The molecule has 1 atom stereocenters. The molecule has 2 aromatic heterocycles. The molecule has 1 amide bonds. The van der Waals surface area contributed by atoms with Crippen LogP contribution in [0.15, 0.2) is 66.0 Å². The smallest absolute Gasteiger partial charge is 0.261 e. The third kappa shape index (κ3) is 4.50. The van der Waals surface area contributed by atoms with E-state index in [0.717, 1.165) is 12.0 Å². The van der Waals surface area contributed by atoms with Gasteiger partial charge < -0.3 is 5.32 Å². The van der Waals surface area contributed by atoms with Crippen molar-refractivity contribution in [2.45, 2.75) is 32.9 Å². The summed E-state index contributed by atoms with van der Waals surface area (Å²) in [5.41, 5.74) is 1.71. The number of hydrogen-bond acceptors (Lipinski definition) is 6. The summed E-state index contributed by atoms with van der Waals surface area (Å²) in [5.74, 6) is 0.163. The third-order valence-corrected chi connectivity index (χ3v) is 5.03. The van der Waals surface area contributed by atoms with Gasteiger partial charge in [-0.05, 0) is 46.5 Å². The summed E-state index contributed by atoms with van der Waals surface area (Å²) in [5, 5.41) is 14.5. The Morgan fingerprint density at radius 1 is 1.10 bits per heavy atom. The molecule has 158 valence electrons. The number of tetrazole rings is 1. The molecule has 31 heavy (non-hydrogen) atoms. The zero-order valence-corrected chi connectivity index (χ0v) is 17.3. The van der Waals surface area contributed by atoms with E-state index in [1.165, 1.54) is 11.0 Å². The largest absolute Gasteiger partial charge is 0.324 e. The van der Waals surface area contributed by atoms with Crippen LogP contribution in [0.3, 0.4) is 0 Å². The molecule has 2 heterocycles. The number of anilines is 1. The van der Waals surface area contributed by atoms with E-state index in [1.807, 2.05) is 30.3 Å². The molecule has 0 fully saturated rings. The van der Waals surface area contributed by atoms with E-state index in [9.17, 15) is 9.59 Å². The van der Waals surface area contributed by atoms with Crippen LogP contribution in [0.4, 0.5) is 5.69 Å². The first kappa shape index (κ1) is 20.4. The maximum Gasteiger partial charge on any atom is 0.261 e. The van der Waals surface area contributed by atoms with E-state index in [-0.39, 0.29) is 11.5 Å². The fourth-order valence-corrected chi connectivity index (χ4v) is 3.35. The molecule has 0 saturated carbocycles. The maximum absolute atomic E-state index is 13.2. The van der Waals surface area contributed by atoms with Crippen molar-refractivity contribution in [3.05, 3.63) is 77.1 Å². The number of nitrogens with one attached hydrogen (secondary N) is 1. The topological polar surface area (TPSA) is 108 Å². The predicted molar refractivity (Wildman–Crippen MR) is 116 cm³/mol. The van der Waals surface area contributed by atoms with Crippen molar-refractivity contribution in [2.24, 2.45) is 5.92 Å². The molecular formula is C22H23N7O2. The number of nitrogens with zero attached hydrogens (tertiary/aromatic N) is 6. The van der Waals surface area contributed by atoms with E-state index in [1.54, 1.807) is 29.1 Å². The van der Waals surface area contributed by atoms with Crippen molar-refractivity contribution < 1.29 is 4.79 Å². The lowest BCUT2D eigenvalue weighted by atomic mass is 10.1. The molecule has 9 heteroatoms. The first-order chi connectivity index (χ1) is 15.0. The van der Waals surface area contributed by atoms with Gasteiger partial charge in [-0.25, -0.2) is 9.67 Å². The van der Waals surface area contributed by atoms with Crippen LogP contribution in [0.1, 0.15) is 31.9 Å². The van der Waals surface area contributed by atoms with Gasteiger partial charge in [0.05, 0.1) is 17.2 Å². The van der Waals surface area contributed by atoms with Crippen LogP contribution in [-0.4, -0.2) is 35.7 Å². The molecule has 0 bridgehead atoms. The molecule has 9 nitrogen and oxygen atoms in total. The van der Waals surface area contributed by atoms with Gasteiger partial charge in [0.2, 0.25) is 0 Å². The minimum absolute atomic E-state index is 0.123. The van der Waals surface area contributed by atoms with Crippen molar-refractivity contribution in [1.82, 2.24) is 29.8 Å². The Balaban J connectivity index is 1.64. The second kappa shape index (κ2) is 8.86. The normalized spacial score (nSPS) is 12.2. The molecule has 0 radical (unpaired) electrons. The van der Waals surface area contributed by atoms with Gasteiger partial charge in [-0.15, -0.1) is 5.10 Å². The van der Waals surface area contributed by atoms with E-state index in [0.29, 0.717) is 29.1 Å². The highest BCUT2D eigenvalue weighted by Crippen LogP contribution is 2.21. The summed E-state index contributed by atoms with van der Waals surface area (Å²) in [4.78, 5) is 30.4. The molecule has 0 spiro atoms. The molecule has 0 aliphatic heterocycles. The molecule has 2 aromatic carbocycles. The van der Waals surface area contributed by atoms with Gasteiger partial charge in [-0.3, -0.25) is 14.2 Å². The lowest BCUT2D eigenvalue weighted by Crippen LogP contribution is -2.27. The number of fused-ring (bicyclic) bond motifs is 1. The number of benzene rings is 2. The minimum atomic E-state index is -0.747. The molecular weight excluding hydrogens is 394 g/mol. The summed E-state index contributed by atoms with van der Waals surface area (Å²) < 4.78 is 3.01. The Morgan fingerprint density at radius 2 is 1.90 bits per heavy atom. The average molecular weight is 417 g/mol. The molecule has 4 aromatic rings. The van der Waals surface area contributed by atoms with Crippen molar-refractivity contribution in [2.75, 3.05) is 5.32 Å². The predicted octanol–water partition coefficient (Wildman–Crippen LogP) is 2.66. The Bertz CT molecular complexity index is 1230. The number of carbonyl (C=O) groups excluding carboxylic acids is 1. The van der Waals surface area contributed by atoms with Crippen LogP contribution in [0.2, 0.25) is 0 Å². The summed E-state index contributed by atoms with van der Waals surface area (Å²) >= 11 is 0. The van der Waals surface area contributed by atoms with Crippen LogP contribution in [-0.2, 0) is 11.3 Å².